The first-order valence-corrected chi connectivity index (χ1v) is 20.2. The summed E-state index contributed by atoms with van der Waals surface area (Å²) in [5.74, 6) is 0.385. The molecule has 12 heteroatoms. The van der Waals surface area contributed by atoms with Crippen molar-refractivity contribution in [3.8, 4) is 11.8 Å². The molecule has 2 aliphatic rings. The molecular weight excluding hydrogens is 743 g/mol. The maximum absolute atomic E-state index is 11.7. The van der Waals surface area contributed by atoms with Crippen LogP contribution in [-0.2, 0) is 14.3 Å². The highest BCUT2D eigenvalue weighted by molar-refractivity contribution is 6.05. The average Bonchev–Trinajstić information content (AvgIpc) is 4.03. The molecule has 4 heterocycles. The summed E-state index contributed by atoms with van der Waals surface area (Å²) in [4.78, 5) is 33.3. The summed E-state index contributed by atoms with van der Waals surface area (Å²) < 4.78 is 11.0. The lowest BCUT2D eigenvalue weighted by atomic mass is 10.1. The van der Waals surface area contributed by atoms with Crippen molar-refractivity contribution in [2.75, 3.05) is 56.7 Å². The van der Waals surface area contributed by atoms with Gasteiger partial charge >= 0.3 is 0 Å². The van der Waals surface area contributed by atoms with Crippen LogP contribution in [0.5, 0.6) is 11.8 Å². The molecule has 0 radical (unpaired) electrons. The molecule has 0 bridgehead atoms. The Morgan fingerprint density at radius 3 is 1.90 bits per heavy atom. The summed E-state index contributed by atoms with van der Waals surface area (Å²) in [6, 6.07) is 24.5. The number of amides is 1. The van der Waals surface area contributed by atoms with E-state index in [-0.39, 0.29) is 30.0 Å². The van der Waals surface area contributed by atoms with Gasteiger partial charge in [0.05, 0.1) is 41.8 Å². The lowest BCUT2D eigenvalue weighted by Gasteiger charge is -2.25. The molecule has 6 aromatic rings. The molecule has 0 spiro atoms. The molecule has 8 rings (SSSR count). The van der Waals surface area contributed by atoms with E-state index in [0.717, 1.165) is 93.6 Å². The van der Waals surface area contributed by atoms with Gasteiger partial charge in [0.15, 0.2) is 18.1 Å². The number of likely N-dealkylation sites (N-methyl/N-ethyl adjacent to an activating group) is 1. The lowest BCUT2D eigenvalue weighted by Crippen LogP contribution is -2.37. The number of H-pyrrole nitrogens is 2. The summed E-state index contributed by atoms with van der Waals surface area (Å²) in [5, 5.41) is 22.6. The Morgan fingerprint density at radius 2 is 1.36 bits per heavy atom. The number of fused-ring (bicyclic) bond motifs is 2. The number of aromatic amines is 2. The zero-order valence-electron chi connectivity index (χ0n) is 35.0. The highest BCUT2D eigenvalue weighted by atomic mass is 16.7. The van der Waals surface area contributed by atoms with Gasteiger partial charge in [-0.05, 0) is 105 Å². The van der Waals surface area contributed by atoms with Crippen LogP contribution in [0.25, 0.3) is 21.8 Å². The van der Waals surface area contributed by atoms with Gasteiger partial charge in [0.25, 0.3) is 0 Å². The Bertz CT molecular complexity index is 2510. The van der Waals surface area contributed by atoms with Gasteiger partial charge in [-0.15, -0.1) is 0 Å². The Hall–Kier alpha value is -6.11. The van der Waals surface area contributed by atoms with Crippen LogP contribution in [0.15, 0.2) is 82.8 Å². The minimum absolute atomic E-state index is 0.0889. The quantitative estimate of drug-likeness (QED) is 0.102. The SMILES string of the molecule is CC(=O)N(C)C1CCN(c2ccc(N=Cc3c(O)[nH]c4cccc(C)c34)cc2C)C1.Cc1cc(N=Cc2c(O)[nH]c3cccc(C)c23)ccc1N(C)CCC1OCCO1. The van der Waals surface area contributed by atoms with E-state index in [2.05, 4.69) is 74.9 Å². The van der Waals surface area contributed by atoms with Crippen molar-refractivity contribution < 1.29 is 24.5 Å². The van der Waals surface area contributed by atoms with Crippen molar-refractivity contribution in [3.05, 3.63) is 106 Å². The average molecular weight is 798 g/mol. The van der Waals surface area contributed by atoms with Crippen LogP contribution in [0, 0.1) is 27.7 Å². The van der Waals surface area contributed by atoms with E-state index in [1.807, 2.05) is 74.3 Å². The van der Waals surface area contributed by atoms with E-state index in [1.54, 1.807) is 19.4 Å². The molecule has 2 aliphatic heterocycles. The van der Waals surface area contributed by atoms with Crippen molar-refractivity contribution >= 4 is 62.9 Å². The van der Waals surface area contributed by atoms with Crippen molar-refractivity contribution in [3.63, 3.8) is 0 Å². The fourth-order valence-electron chi connectivity index (χ4n) is 8.17. The molecule has 0 aliphatic carbocycles. The van der Waals surface area contributed by atoms with Gasteiger partial charge < -0.3 is 44.4 Å². The summed E-state index contributed by atoms with van der Waals surface area (Å²) >= 11 is 0. The van der Waals surface area contributed by atoms with E-state index < -0.39 is 0 Å². The first kappa shape index (κ1) is 41.1. The van der Waals surface area contributed by atoms with Gasteiger partial charge in [0.2, 0.25) is 5.91 Å². The predicted molar refractivity (Wildman–Crippen MR) is 239 cm³/mol. The van der Waals surface area contributed by atoms with Crippen molar-refractivity contribution in [2.45, 2.75) is 59.8 Å². The first-order chi connectivity index (χ1) is 28.4. The number of ether oxygens (including phenoxy) is 2. The fraction of sp³-hybridized carbons (Fsp3) is 0.340. The number of aromatic nitrogens is 2. The molecule has 2 saturated heterocycles. The molecule has 308 valence electrons. The van der Waals surface area contributed by atoms with Gasteiger partial charge in [-0.25, -0.2) is 0 Å². The van der Waals surface area contributed by atoms with Gasteiger partial charge in [0.1, 0.15) is 0 Å². The second-order valence-corrected chi connectivity index (χ2v) is 15.6. The zero-order valence-corrected chi connectivity index (χ0v) is 35.0. The highest BCUT2D eigenvalue weighted by Gasteiger charge is 2.28. The minimum Gasteiger partial charge on any atom is -0.494 e. The summed E-state index contributed by atoms with van der Waals surface area (Å²) in [6.07, 6.45) is 5.19. The van der Waals surface area contributed by atoms with Crippen LogP contribution in [0.3, 0.4) is 0 Å². The van der Waals surface area contributed by atoms with E-state index in [9.17, 15) is 15.0 Å². The van der Waals surface area contributed by atoms with E-state index in [0.29, 0.717) is 24.3 Å². The van der Waals surface area contributed by atoms with Gasteiger partial charge in [-0.1, -0.05) is 24.3 Å². The van der Waals surface area contributed by atoms with Crippen LogP contribution in [0.1, 0.15) is 53.1 Å². The van der Waals surface area contributed by atoms with Crippen molar-refractivity contribution in [1.29, 1.82) is 0 Å². The number of carbonyl (C=O) groups is 1. The number of benzene rings is 4. The zero-order chi connectivity index (χ0) is 41.8. The van der Waals surface area contributed by atoms with Crippen LogP contribution in [0.2, 0.25) is 0 Å². The minimum atomic E-state index is -0.0889. The molecule has 1 atom stereocenters. The molecule has 2 aromatic heterocycles. The van der Waals surface area contributed by atoms with Crippen LogP contribution < -0.4 is 9.80 Å². The Kier molecular flexibility index (Phi) is 12.4. The molecule has 1 amide bonds. The number of rotatable bonds is 10. The van der Waals surface area contributed by atoms with Crippen molar-refractivity contribution in [1.82, 2.24) is 14.9 Å². The molecule has 4 aromatic carbocycles. The molecule has 1 unspecified atom stereocenters. The Balaban J connectivity index is 0.000000179. The first-order valence-electron chi connectivity index (χ1n) is 20.2. The number of aryl methyl sites for hydroxylation is 4. The number of anilines is 2. The van der Waals surface area contributed by atoms with Crippen LogP contribution in [0.4, 0.5) is 22.7 Å². The predicted octanol–water partition coefficient (Wildman–Crippen LogP) is 8.74. The highest BCUT2D eigenvalue weighted by Crippen LogP contribution is 2.33. The monoisotopic (exact) mass is 797 g/mol. The summed E-state index contributed by atoms with van der Waals surface area (Å²) in [7, 11) is 3.95. The number of aromatic hydroxyl groups is 2. The van der Waals surface area contributed by atoms with Crippen molar-refractivity contribution in [2.24, 2.45) is 9.98 Å². The number of hydrogen-bond donors (Lipinski definition) is 4. The fourth-order valence-corrected chi connectivity index (χ4v) is 8.17. The molecular formula is C47H55N7O5. The number of nitrogens with one attached hydrogen (secondary N) is 2. The number of hydrogen-bond acceptors (Lipinski definition) is 9. The maximum Gasteiger partial charge on any atom is 0.219 e. The molecule has 0 saturated carbocycles. The summed E-state index contributed by atoms with van der Waals surface area (Å²) in [5.41, 5.74) is 11.8. The molecule has 12 nitrogen and oxygen atoms in total. The van der Waals surface area contributed by atoms with Gasteiger partial charge in [0, 0.05) is 92.7 Å². The third-order valence-corrected chi connectivity index (χ3v) is 11.5. The third kappa shape index (κ3) is 9.14. The third-order valence-electron chi connectivity index (χ3n) is 11.5. The van der Waals surface area contributed by atoms with Crippen LogP contribution in [-0.4, -0.2) is 103 Å². The molecule has 4 N–H and O–H groups in total. The van der Waals surface area contributed by atoms with E-state index in [4.69, 9.17) is 9.47 Å². The Labute approximate surface area is 345 Å². The van der Waals surface area contributed by atoms with E-state index in [1.165, 1.54) is 5.69 Å². The standard InChI is InChI=1S/C24H28N4O2.C23H27N3O3/c1-15-6-5-7-21-23(15)20(24(30)26-21)13-25-18-8-9-22(16(2)12-18)28-11-10-19(14-28)27(4)17(3)29;1-15-5-4-6-19-22(15)18(23(27)25-19)14-24-17-7-8-20(16(2)13-17)26(3)10-9-21-28-11-12-29-21/h5-9,12-13,19,26,30H,10-11,14H2,1-4H3;4-8,13-14,21,25,27H,9-12H2,1-3H3. The van der Waals surface area contributed by atoms with Gasteiger partial charge in [-0.2, -0.15) is 0 Å². The number of nitrogens with zero attached hydrogens (tertiary/aromatic N) is 5. The van der Waals surface area contributed by atoms with E-state index >= 15 is 0 Å². The smallest absolute Gasteiger partial charge is 0.219 e. The maximum atomic E-state index is 11.7. The molecule has 59 heavy (non-hydrogen) atoms. The topological polar surface area (TPSA) is 142 Å². The normalized spacial score (nSPS) is 15.8. The largest absolute Gasteiger partial charge is 0.494 e. The van der Waals surface area contributed by atoms with Crippen LogP contribution >= 0.6 is 0 Å². The number of carbonyl (C=O) groups excluding carboxylic acids is 1. The second-order valence-electron chi connectivity index (χ2n) is 15.6. The second kappa shape index (κ2) is 17.8. The Morgan fingerprint density at radius 1 is 0.797 bits per heavy atom. The van der Waals surface area contributed by atoms with Gasteiger partial charge in [-0.3, -0.25) is 14.8 Å². The molecule has 2 fully saturated rings. The lowest BCUT2D eigenvalue weighted by molar-refractivity contribution is -0.129. The number of aliphatic imine (C=N–C) groups is 2. The summed E-state index contributed by atoms with van der Waals surface area (Å²) in [6.45, 7) is 13.9.